The maximum absolute atomic E-state index is 6.34. The van der Waals surface area contributed by atoms with Gasteiger partial charge in [-0.05, 0) is 50.0 Å². The van der Waals surface area contributed by atoms with E-state index in [0.29, 0.717) is 5.92 Å². The second-order valence-corrected chi connectivity index (χ2v) is 7.63. The molecule has 4 rings (SSSR count). The Bertz CT molecular complexity index is 841. The molecule has 1 aliphatic heterocycles. The summed E-state index contributed by atoms with van der Waals surface area (Å²) >= 11 is 0. The van der Waals surface area contributed by atoms with Crippen molar-refractivity contribution in [2.75, 3.05) is 19.6 Å². The van der Waals surface area contributed by atoms with Gasteiger partial charge in [0.1, 0.15) is 0 Å². The fourth-order valence-electron chi connectivity index (χ4n) is 3.88. The Morgan fingerprint density at radius 2 is 1.68 bits per heavy atom. The Balaban J connectivity index is 1.24. The van der Waals surface area contributed by atoms with Crippen molar-refractivity contribution in [2.45, 2.75) is 37.6 Å². The molecule has 0 bridgehead atoms. The van der Waals surface area contributed by atoms with E-state index < -0.39 is 0 Å². The second kappa shape index (κ2) is 9.13. The number of aromatic nitrogens is 2. The maximum atomic E-state index is 6.34. The average molecular weight is 377 g/mol. The number of nitrogens with two attached hydrogens (primary N) is 1. The van der Waals surface area contributed by atoms with Gasteiger partial charge in [0.25, 0.3) is 0 Å². The van der Waals surface area contributed by atoms with Crippen LogP contribution in [0.3, 0.4) is 0 Å². The molecule has 0 radical (unpaired) electrons. The number of likely N-dealkylation sites (tertiary alicyclic amines) is 1. The van der Waals surface area contributed by atoms with Gasteiger partial charge in [0, 0.05) is 18.4 Å². The monoisotopic (exact) mass is 376 g/mol. The molecule has 1 aromatic heterocycles. The van der Waals surface area contributed by atoms with Gasteiger partial charge < -0.3 is 15.2 Å². The lowest BCUT2D eigenvalue weighted by atomic mass is 9.96. The summed E-state index contributed by atoms with van der Waals surface area (Å²) in [5.41, 5.74) is 8.76. The van der Waals surface area contributed by atoms with Crippen molar-refractivity contribution in [1.29, 1.82) is 0 Å². The highest BCUT2D eigenvalue weighted by Crippen LogP contribution is 2.27. The fourth-order valence-corrected chi connectivity index (χ4v) is 3.88. The third-order valence-corrected chi connectivity index (χ3v) is 5.61. The molecule has 1 atom stereocenters. The molecule has 5 heteroatoms. The highest BCUT2D eigenvalue weighted by molar-refractivity contribution is 5.19. The molecule has 0 saturated carbocycles. The van der Waals surface area contributed by atoms with Gasteiger partial charge in [-0.15, -0.1) is 0 Å². The minimum Gasteiger partial charge on any atom is -0.339 e. The van der Waals surface area contributed by atoms with Crippen molar-refractivity contribution in [1.82, 2.24) is 15.0 Å². The summed E-state index contributed by atoms with van der Waals surface area (Å²) in [5.74, 6) is 1.94. The molecule has 0 amide bonds. The van der Waals surface area contributed by atoms with Gasteiger partial charge in [-0.2, -0.15) is 4.98 Å². The zero-order chi connectivity index (χ0) is 19.2. The molecule has 146 valence electrons. The molecule has 1 fully saturated rings. The largest absolute Gasteiger partial charge is 0.339 e. The summed E-state index contributed by atoms with van der Waals surface area (Å²) in [5, 5.41) is 4.18. The van der Waals surface area contributed by atoms with Crippen LogP contribution in [0.15, 0.2) is 65.2 Å². The summed E-state index contributed by atoms with van der Waals surface area (Å²) in [6.07, 6.45) is 3.83. The van der Waals surface area contributed by atoms with Crippen LogP contribution in [0, 0.1) is 0 Å². The molecule has 2 N–H and O–H groups in total. The average Bonchev–Trinajstić information content (AvgIpc) is 3.22. The number of rotatable bonds is 7. The van der Waals surface area contributed by atoms with E-state index in [2.05, 4.69) is 51.4 Å². The van der Waals surface area contributed by atoms with E-state index in [9.17, 15) is 0 Å². The molecule has 2 aromatic carbocycles. The third kappa shape index (κ3) is 4.86. The minimum atomic E-state index is 0.107. The van der Waals surface area contributed by atoms with Crippen LogP contribution < -0.4 is 5.73 Å². The molecular formula is C23H28N4O. The summed E-state index contributed by atoms with van der Waals surface area (Å²) < 4.78 is 5.57. The number of hydrogen-bond acceptors (Lipinski definition) is 5. The first-order chi connectivity index (χ1) is 13.8. The Labute approximate surface area is 166 Å². The zero-order valence-electron chi connectivity index (χ0n) is 16.2. The first-order valence-electron chi connectivity index (χ1n) is 10.2. The van der Waals surface area contributed by atoms with E-state index in [1.807, 2.05) is 24.3 Å². The standard InChI is InChI=1S/C23H28N4O/c24-21(19-9-5-2-6-10-19)13-16-27-14-11-20(12-15-27)23-25-22(26-28-23)17-18-7-3-1-4-8-18/h1-10,20-21H,11-17,24H2. The molecule has 3 aromatic rings. The van der Waals surface area contributed by atoms with Crippen LogP contribution in [-0.4, -0.2) is 34.7 Å². The van der Waals surface area contributed by atoms with Gasteiger partial charge in [-0.25, -0.2) is 0 Å². The molecule has 1 aliphatic rings. The molecule has 2 heterocycles. The highest BCUT2D eigenvalue weighted by Gasteiger charge is 2.25. The molecule has 0 spiro atoms. The number of piperidine rings is 1. The number of benzene rings is 2. The molecule has 5 nitrogen and oxygen atoms in total. The first-order valence-corrected chi connectivity index (χ1v) is 10.2. The van der Waals surface area contributed by atoms with Crippen molar-refractivity contribution >= 4 is 0 Å². The molecule has 1 unspecified atom stereocenters. The van der Waals surface area contributed by atoms with Gasteiger partial charge in [0.15, 0.2) is 5.82 Å². The summed E-state index contributed by atoms with van der Waals surface area (Å²) in [4.78, 5) is 7.15. The number of hydrogen-bond donors (Lipinski definition) is 1. The molecule has 28 heavy (non-hydrogen) atoms. The van der Waals surface area contributed by atoms with Gasteiger partial charge in [0.05, 0.1) is 0 Å². The fraction of sp³-hybridized carbons (Fsp3) is 0.391. The van der Waals surface area contributed by atoms with E-state index >= 15 is 0 Å². The topological polar surface area (TPSA) is 68.2 Å². The quantitative estimate of drug-likeness (QED) is 0.677. The van der Waals surface area contributed by atoms with Crippen molar-refractivity contribution in [2.24, 2.45) is 5.73 Å². The summed E-state index contributed by atoms with van der Waals surface area (Å²) in [6, 6.07) is 20.7. The van der Waals surface area contributed by atoms with Crippen LogP contribution in [0.5, 0.6) is 0 Å². The second-order valence-electron chi connectivity index (χ2n) is 7.63. The summed E-state index contributed by atoms with van der Waals surface area (Å²) in [7, 11) is 0. The van der Waals surface area contributed by atoms with Crippen LogP contribution >= 0.6 is 0 Å². The van der Waals surface area contributed by atoms with Gasteiger partial charge >= 0.3 is 0 Å². The first kappa shape index (κ1) is 18.8. The van der Waals surface area contributed by atoms with Crippen molar-refractivity contribution in [3.63, 3.8) is 0 Å². The van der Waals surface area contributed by atoms with Crippen LogP contribution in [0.2, 0.25) is 0 Å². The van der Waals surface area contributed by atoms with E-state index in [-0.39, 0.29) is 6.04 Å². The molecule has 1 saturated heterocycles. The minimum absolute atomic E-state index is 0.107. The highest BCUT2D eigenvalue weighted by atomic mass is 16.5. The van der Waals surface area contributed by atoms with Crippen molar-refractivity contribution in [3.05, 3.63) is 83.5 Å². The van der Waals surface area contributed by atoms with E-state index in [1.54, 1.807) is 0 Å². The van der Waals surface area contributed by atoms with Crippen LogP contribution in [0.4, 0.5) is 0 Å². The van der Waals surface area contributed by atoms with E-state index in [0.717, 1.165) is 57.0 Å². The van der Waals surface area contributed by atoms with E-state index in [4.69, 9.17) is 10.3 Å². The zero-order valence-corrected chi connectivity index (χ0v) is 16.2. The van der Waals surface area contributed by atoms with Crippen molar-refractivity contribution in [3.8, 4) is 0 Å². The third-order valence-electron chi connectivity index (χ3n) is 5.61. The SMILES string of the molecule is NC(CCN1CCC(c2nc(Cc3ccccc3)no2)CC1)c1ccccc1. The van der Waals surface area contributed by atoms with Gasteiger partial charge in [0.2, 0.25) is 5.89 Å². The van der Waals surface area contributed by atoms with Gasteiger partial charge in [-0.1, -0.05) is 65.8 Å². The predicted octanol–water partition coefficient (Wildman–Crippen LogP) is 3.93. The summed E-state index contributed by atoms with van der Waals surface area (Å²) in [6.45, 7) is 3.15. The lowest BCUT2D eigenvalue weighted by Gasteiger charge is -2.31. The molecular weight excluding hydrogens is 348 g/mol. The van der Waals surface area contributed by atoms with Crippen LogP contribution in [-0.2, 0) is 6.42 Å². The maximum Gasteiger partial charge on any atom is 0.229 e. The van der Waals surface area contributed by atoms with Gasteiger partial charge in [-0.3, -0.25) is 0 Å². The van der Waals surface area contributed by atoms with Crippen LogP contribution in [0.1, 0.15) is 54.1 Å². The number of nitrogens with zero attached hydrogens (tertiary/aromatic N) is 3. The van der Waals surface area contributed by atoms with E-state index in [1.165, 1.54) is 11.1 Å². The Morgan fingerprint density at radius 3 is 2.39 bits per heavy atom. The lowest BCUT2D eigenvalue weighted by molar-refractivity contribution is 0.189. The normalized spacial score (nSPS) is 16.9. The molecule has 0 aliphatic carbocycles. The lowest BCUT2D eigenvalue weighted by Crippen LogP contribution is -2.35. The Morgan fingerprint density at radius 1 is 1.00 bits per heavy atom. The van der Waals surface area contributed by atoms with Crippen molar-refractivity contribution < 1.29 is 4.52 Å². The van der Waals surface area contributed by atoms with Crippen LogP contribution in [0.25, 0.3) is 0 Å². The Hall–Kier alpha value is -2.50. The Kier molecular flexibility index (Phi) is 6.14. The predicted molar refractivity (Wildman–Crippen MR) is 110 cm³/mol. The smallest absolute Gasteiger partial charge is 0.229 e.